The van der Waals surface area contributed by atoms with Gasteiger partial charge < -0.3 is 10.6 Å². The molecule has 0 bridgehead atoms. The molecule has 0 aromatic carbocycles. The Kier molecular flexibility index (Phi) is 3.07. The molecule has 2 N–H and O–H groups in total. The molecule has 1 atom stereocenters. The van der Waals surface area contributed by atoms with Gasteiger partial charge in [-0.2, -0.15) is 0 Å². The lowest BCUT2D eigenvalue weighted by Gasteiger charge is -2.32. The zero-order valence-electron chi connectivity index (χ0n) is 8.29. The SMILES string of the molecule is N[C@H]1CCCN(c2cnc(Cl)c(F)c2)C1. The van der Waals surface area contributed by atoms with Gasteiger partial charge in [0.05, 0.1) is 11.9 Å². The van der Waals surface area contributed by atoms with E-state index in [1.54, 1.807) is 6.20 Å². The summed E-state index contributed by atoms with van der Waals surface area (Å²) in [5.41, 5.74) is 6.61. The number of rotatable bonds is 1. The monoisotopic (exact) mass is 229 g/mol. The number of hydrogen-bond acceptors (Lipinski definition) is 3. The van der Waals surface area contributed by atoms with Crippen molar-refractivity contribution in [2.24, 2.45) is 5.73 Å². The molecule has 0 saturated carbocycles. The maximum Gasteiger partial charge on any atom is 0.164 e. The van der Waals surface area contributed by atoms with Crippen LogP contribution >= 0.6 is 11.6 Å². The van der Waals surface area contributed by atoms with E-state index in [9.17, 15) is 4.39 Å². The third-order valence-corrected chi connectivity index (χ3v) is 2.88. The Labute approximate surface area is 93.0 Å². The Morgan fingerprint density at radius 3 is 3.07 bits per heavy atom. The van der Waals surface area contributed by atoms with Crippen molar-refractivity contribution in [1.29, 1.82) is 0 Å². The van der Waals surface area contributed by atoms with Crippen LogP contribution in [0.15, 0.2) is 12.3 Å². The fraction of sp³-hybridized carbons (Fsp3) is 0.500. The first-order chi connectivity index (χ1) is 7.16. The number of aromatic nitrogens is 1. The summed E-state index contributed by atoms with van der Waals surface area (Å²) in [6.45, 7) is 1.65. The Morgan fingerprint density at radius 2 is 2.40 bits per heavy atom. The number of nitrogens with two attached hydrogens (primary N) is 1. The summed E-state index contributed by atoms with van der Waals surface area (Å²) in [6, 6.07) is 1.57. The summed E-state index contributed by atoms with van der Waals surface area (Å²) >= 11 is 5.52. The average molecular weight is 230 g/mol. The van der Waals surface area contributed by atoms with E-state index in [1.807, 2.05) is 4.90 Å². The summed E-state index contributed by atoms with van der Waals surface area (Å²) in [4.78, 5) is 5.83. The van der Waals surface area contributed by atoms with Crippen molar-refractivity contribution >= 4 is 17.3 Å². The second-order valence-corrected chi connectivity index (χ2v) is 4.17. The van der Waals surface area contributed by atoms with Crippen LogP contribution in [0.3, 0.4) is 0 Å². The minimum Gasteiger partial charge on any atom is -0.369 e. The number of hydrogen-bond donors (Lipinski definition) is 1. The molecule has 3 nitrogen and oxygen atoms in total. The fourth-order valence-electron chi connectivity index (χ4n) is 1.83. The number of pyridine rings is 1. The van der Waals surface area contributed by atoms with E-state index in [0.29, 0.717) is 0 Å². The minimum absolute atomic E-state index is 0.0833. The van der Waals surface area contributed by atoms with Crippen LogP contribution in [0.1, 0.15) is 12.8 Å². The molecule has 82 valence electrons. The molecule has 1 aliphatic rings. The molecule has 2 heterocycles. The second kappa shape index (κ2) is 4.33. The van der Waals surface area contributed by atoms with Crippen molar-refractivity contribution < 1.29 is 4.39 Å². The van der Waals surface area contributed by atoms with Crippen molar-refractivity contribution in [2.45, 2.75) is 18.9 Å². The Hall–Kier alpha value is -0.870. The van der Waals surface area contributed by atoms with E-state index < -0.39 is 5.82 Å². The van der Waals surface area contributed by atoms with Gasteiger partial charge in [0.2, 0.25) is 0 Å². The standard InChI is InChI=1S/C10H13ClFN3/c11-10-9(12)4-8(5-14-10)15-3-1-2-7(13)6-15/h4-5,7H,1-3,6,13H2/t7-/m0/s1. The van der Waals surface area contributed by atoms with Crippen LogP contribution in [-0.2, 0) is 0 Å². The molecule has 2 rings (SSSR count). The Bertz CT molecular complexity index is 359. The van der Waals surface area contributed by atoms with Gasteiger partial charge in [-0.3, -0.25) is 0 Å². The van der Waals surface area contributed by atoms with E-state index in [0.717, 1.165) is 31.6 Å². The van der Waals surface area contributed by atoms with Gasteiger partial charge >= 0.3 is 0 Å². The highest BCUT2D eigenvalue weighted by Gasteiger charge is 2.18. The van der Waals surface area contributed by atoms with Crippen molar-refractivity contribution in [1.82, 2.24) is 4.98 Å². The van der Waals surface area contributed by atoms with Crippen molar-refractivity contribution in [3.63, 3.8) is 0 Å². The smallest absolute Gasteiger partial charge is 0.164 e. The summed E-state index contributed by atoms with van der Waals surface area (Å²) in [5.74, 6) is -0.478. The van der Waals surface area contributed by atoms with E-state index in [1.165, 1.54) is 6.07 Å². The largest absolute Gasteiger partial charge is 0.369 e. The fourth-order valence-corrected chi connectivity index (χ4v) is 1.93. The maximum absolute atomic E-state index is 13.2. The Morgan fingerprint density at radius 1 is 1.60 bits per heavy atom. The van der Waals surface area contributed by atoms with Gasteiger partial charge in [-0.25, -0.2) is 9.37 Å². The molecular weight excluding hydrogens is 217 g/mol. The molecule has 1 aliphatic heterocycles. The van der Waals surface area contributed by atoms with E-state index in [2.05, 4.69) is 4.98 Å². The van der Waals surface area contributed by atoms with Crippen LogP contribution in [0.2, 0.25) is 5.15 Å². The molecule has 0 spiro atoms. The number of nitrogens with zero attached hydrogens (tertiary/aromatic N) is 2. The van der Waals surface area contributed by atoms with Gasteiger partial charge in [-0.15, -0.1) is 0 Å². The van der Waals surface area contributed by atoms with Crippen molar-refractivity contribution in [2.75, 3.05) is 18.0 Å². The summed E-state index contributed by atoms with van der Waals surface area (Å²) < 4.78 is 13.2. The van der Waals surface area contributed by atoms with Crippen molar-refractivity contribution in [3.8, 4) is 0 Å². The molecule has 5 heteroatoms. The highest BCUT2D eigenvalue weighted by molar-refractivity contribution is 6.29. The van der Waals surface area contributed by atoms with Gasteiger partial charge in [0, 0.05) is 25.2 Å². The van der Waals surface area contributed by atoms with Crippen LogP contribution < -0.4 is 10.6 Å². The Balaban J connectivity index is 2.18. The normalized spacial score (nSPS) is 21.8. The van der Waals surface area contributed by atoms with Gasteiger partial charge in [0.1, 0.15) is 0 Å². The topological polar surface area (TPSA) is 42.1 Å². The zero-order valence-corrected chi connectivity index (χ0v) is 9.04. The second-order valence-electron chi connectivity index (χ2n) is 3.81. The summed E-state index contributed by atoms with van der Waals surface area (Å²) in [6.07, 6.45) is 3.65. The lowest BCUT2D eigenvalue weighted by Crippen LogP contribution is -2.42. The molecule has 1 saturated heterocycles. The lowest BCUT2D eigenvalue weighted by atomic mass is 10.1. The van der Waals surface area contributed by atoms with E-state index in [4.69, 9.17) is 17.3 Å². The minimum atomic E-state index is -0.478. The first-order valence-corrected chi connectivity index (χ1v) is 5.36. The molecule has 1 aromatic rings. The average Bonchev–Trinajstić information content (AvgIpc) is 2.22. The van der Waals surface area contributed by atoms with E-state index in [-0.39, 0.29) is 11.2 Å². The first kappa shape index (κ1) is 10.6. The molecule has 1 fully saturated rings. The van der Waals surface area contributed by atoms with E-state index >= 15 is 0 Å². The zero-order chi connectivity index (χ0) is 10.8. The molecule has 0 aliphatic carbocycles. The molecule has 15 heavy (non-hydrogen) atoms. The van der Waals surface area contributed by atoms with Crippen LogP contribution in [-0.4, -0.2) is 24.1 Å². The van der Waals surface area contributed by atoms with Crippen LogP contribution in [0, 0.1) is 5.82 Å². The third-order valence-electron chi connectivity index (χ3n) is 2.60. The first-order valence-electron chi connectivity index (χ1n) is 4.98. The van der Waals surface area contributed by atoms with Crippen LogP contribution in [0.5, 0.6) is 0 Å². The summed E-state index contributed by atoms with van der Waals surface area (Å²) in [7, 11) is 0. The highest BCUT2D eigenvalue weighted by Crippen LogP contribution is 2.22. The van der Waals surface area contributed by atoms with Crippen LogP contribution in [0.25, 0.3) is 0 Å². The van der Waals surface area contributed by atoms with Gasteiger partial charge in [0.15, 0.2) is 11.0 Å². The predicted octanol–water partition coefficient (Wildman–Crippen LogP) is 1.80. The molecule has 1 aromatic heterocycles. The lowest BCUT2D eigenvalue weighted by molar-refractivity contribution is 0.504. The molecule has 0 amide bonds. The van der Waals surface area contributed by atoms with Crippen molar-refractivity contribution in [3.05, 3.63) is 23.2 Å². The van der Waals surface area contributed by atoms with Gasteiger partial charge in [0.25, 0.3) is 0 Å². The van der Waals surface area contributed by atoms with Gasteiger partial charge in [-0.05, 0) is 12.8 Å². The predicted molar refractivity (Wildman–Crippen MR) is 58.6 cm³/mol. The molecular formula is C10H13ClFN3. The maximum atomic E-state index is 13.2. The van der Waals surface area contributed by atoms with Crippen LogP contribution in [0.4, 0.5) is 10.1 Å². The quantitative estimate of drug-likeness (QED) is 0.747. The van der Waals surface area contributed by atoms with Gasteiger partial charge in [-0.1, -0.05) is 11.6 Å². The molecule has 0 unspecified atom stereocenters. The number of halogens is 2. The molecule has 0 radical (unpaired) electrons. The number of piperidine rings is 1. The third kappa shape index (κ3) is 2.38. The highest BCUT2D eigenvalue weighted by atomic mass is 35.5. The number of anilines is 1. The summed E-state index contributed by atoms with van der Waals surface area (Å²) in [5, 5.41) is -0.0833.